The van der Waals surface area contributed by atoms with Gasteiger partial charge in [-0.2, -0.15) is 5.26 Å². The van der Waals surface area contributed by atoms with E-state index in [1.54, 1.807) is 43.6 Å². The van der Waals surface area contributed by atoms with E-state index in [1.807, 2.05) is 6.92 Å². The Morgan fingerprint density at radius 3 is 2.68 bits per heavy atom. The van der Waals surface area contributed by atoms with Gasteiger partial charge in [0.05, 0.1) is 41.1 Å². The monoisotopic (exact) mass is 599 g/mol. The van der Waals surface area contributed by atoms with E-state index in [2.05, 4.69) is 43.3 Å². The number of rotatable bonds is 9. The van der Waals surface area contributed by atoms with Gasteiger partial charge in [-0.1, -0.05) is 12.1 Å². The Labute approximate surface area is 251 Å². The first-order valence-electron chi connectivity index (χ1n) is 13.1. The predicted molar refractivity (Wildman–Crippen MR) is 167 cm³/mol. The van der Waals surface area contributed by atoms with Crippen molar-refractivity contribution in [1.29, 1.82) is 5.26 Å². The smallest absolute Gasteiger partial charge is 0.261 e. The normalized spacial score (nSPS) is 14.1. The van der Waals surface area contributed by atoms with Gasteiger partial charge in [-0.15, -0.1) is 24.8 Å². The Kier molecular flexibility index (Phi) is 11.2. The number of piperazine rings is 1. The van der Waals surface area contributed by atoms with Gasteiger partial charge in [-0.3, -0.25) is 9.69 Å². The number of hydrogen-bond donors (Lipinski definition) is 4. The van der Waals surface area contributed by atoms with Gasteiger partial charge in [0, 0.05) is 58.3 Å². The lowest BCUT2D eigenvalue weighted by molar-refractivity contribution is 0.144. The molecule has 0 saturated carbocycles. The van der Waals surface area contributed by atoms with Crippen molar-refractivity contribution in [3.63, 3.8) is 0 Å². The van der Waals surface area contributed by atoms with Crippen LogP contribution in [-0.4, -0.2) is 77.9 Å². The molecule has 1 fully saturated rings. The maximum absolute atomic E-state index is 12.9. The van der Waals surface area contributed by atoms with Crippen LogP contribution >= 0.6 is 24.8 Å². The zero-order valence-electron chi connectivity index (χ0n) is 23.0. The number of aryl methyl sites for hydroxylation is 1. The summed E-state index contributed by atoms with van der Waals surface area (Å²) in [6.45, 7) is 7.70. The van der Waals surface area contributed by atoms with E-state index in [0.29, 0.717) is 28.2 Å². The molecule has 2 aromatic carbocycles. The molecule has 4 N–H and O–H groups in total. The lowest BCUT2D eigenvalue weighted by atomic mass is 10.1. The van der Waals surface area contributed by atoms with Gasteiger partial charge in [0.2, 0.25) is 0 Å². The van der Waals surface area contributed by atoms with Crippen LogP contribution in [0.1, 0.15) is 22.8 Å². The third kappa shape index (κ3) is 7.19. The highest BCUT2D eigenvalue weighted by Gasteiger charge is 2.20. The van der Waals surface area contributed by atoms with Crippen molar-refractivity contribution in [3.8, 4) is 17.5 Å². The molecule has 1 saturated heterocycles. The van der Waals surface area contributed by atoms with Gasteiger partial charge in [0.1, 0.15) is 11.4 Å². The summed E-state index contributed by atoms with van der Waals surface area (Å²) in [4.78, 5) is 28.6. The van der Waals surface area contributed by atoms with Crippen molar-refractivity contribution in [2.45, 2.75) is 13.0 Å². The second-order valence-corrected chi connectivity index (χ2v) is 9.80. The topological polar surface area (TPSA) is 133 Å². The number of nitriles is 1. The number of H-pyrrole nitrogens is 2. The van der Waals surface area contributed by atoms with Crippen LogP contribution in [0.2, 0.25) is 0 Å². The minimum absolute atomic E-state index is 0. The summed E-state index contributed by atoms with van der Waals surface area (Å²) < 4.78 is 5.21. The molecule has 4 aromatic rings. The molecule has 10 nitrogen and oxygen atoms in total. The molecule has 0 amide bonds. The third-order valence-corrected chi connectivity index (χ3v) is 7.19. The molecule has 5 rings (SSSR count). The summed E-state index contributed by atoms with van der Waals surface area (Å²) in [6, 6.07) is 14.9. The van der Waals surface area contributed by atoms with E-state index in [1.165, 1.54) is 0 Å². The second-order valence-electron chi connectivity index (χ2n) is 9.80. The number of methoxy groups -OCH3 is 1. The molecule has 1 aliphatic heterocycles. The van der Waals surface area contributed by atoms with E-state index >= 15 is 0 Å². The average Bonchev–Trinajstić information content (AvgIpc) is 3.39. The minimum atomic E-state index is -0.860. The maximum Gasteiger partial charge on any atom is 0.261 e. The van der Waals surface area contributed by atoms with Crippen LogP contribution in [0.15, 0.2) is 53.5 Å². The number of hydrogen-bond acceptors (Lipinski definition) is 8. The van der Waals surface area contributed by atoms with Crippen molar-refractivity contribution < 1.29 is 9.84 Å². The number of aliphatic hydroxyl groups is 1. The number of aromatic nitrogens is 3. The van der Waals surface area contributed by atoms with Crippen LogP contribution in [0, 0.1) is 18.3 Å². The Bertz CT molecular complexity index is 1560. The van der Waals surface area contributed by atoms with Crippen LogP contribution in [-0.2, 0) is 4.74 Å². The van der Waals surface area contributed by atoms with E-state index in [-0.39, 0.29) is 36.9 Å². The number of nitrogens with zero attached hydrogens (tertiary/aromatic N) is 4. The molecule has 0 spiro atoms. The van der Waals surface area contributed by atoms with Gasteiger partial charge in [-0.05, 0) is 48.4 Å². The summed E-state index contributed by atoms with van der Waals surface area (Å²) in [7, 11) is 1.73. The van der Waals surface area contributed by atoms with Crippen LogP contribution < -0.4 is 15.8 Å². The van der Waals surface area contributed by atoms with Crippen molar-refractivity contribution >= 4 is 47.2 Å². The van der Waals surface area contributed by atoms with Crippen LogP contribution in [0.25, 0.3) is 22.4 Å². The quantitative estimate of drug-likeness (QED) is 0.228. The van der Waals surface area contributed by atoms with Gasteiger partial charge >= 0.3 is 0 Å². The van der Waals surface area contributed by atoms with Gasteiger partial charge in [0.25, 0.3) is 5.56 Å². The maximum atomic E-state index is 12.9. The summed E-state index contributed by atoms with van der Waals surface area (Å²) >= 11 is 0. The molecular formula is C29H35Cl2N7O3. The van der Waals surface area contributed by atoms with Gasteiger partial charge in [0.15, 0.2) is 0 Å². The molecule has 2 aromatic heterocycles. The van der Waals surface area contributed by atoms with Crippen molar-refractivity contribution in [1.82, 2.24) is 19.9 Å². The first-order valence-corrected chi connectivity index (χ1v) is 13.1. The molecule has 0 aliphatic carbocycles. The standard InChI is InChI=1S/C29H33N7O3.2ClH/c1-19-14-22(36-10-8-35(9-11-36)12-13-39-2)16-24-27(19)34-28(33-24)26-23(6-7-31-29(26)38)32-18-25(37)21-5-3-4-20(15-21)17-30;;/h3-7,14-16,25,37H,8-13,18H2,1-2H3,(H,33,34)(H2,31,32,38);2*1H/t25-;;/m1../s1. The summed E-state index contributed by atoms with van der Waals surface area (Å²) in [5.74, 6) is 0.458. The fraction of sp³-hybridized carbons (Fsp3) is 0.345. The number of anilines is 2. The highest BCUT2D eigenvalue weighted by Crippen LogP contribution is 2.30. The molecule has 218 valence electrons. The number of fused-ring (bicyclic) bond motifs is 1. The zero-order chi connectivity index (χ0) is 27.4. The number of pyridine rings is 1. The third-order valence-electron chi connectivity index (χ3n) is 7.19. The average molecular weight is 601 g/mol. The number of imidazole rings is 1. The fourth-order valence-electron chi connectivity index (χ4n) is 5.02. The Morgan fingerprint density at radius 2 is 1.95 bits per heavy atom. The van der Waals surface area contributed by atoms with Crippen LogP contribution in [0.5, 0.6) is 0 Å². The number of aromatic amines is 2. The van der Waals surface area contributed by atoms with E-state index in [4.69, 9.17) is 15.0 Å². The van der Waals surface area contributed by atoms with E-state index in [0.717, 1.165) is 61.6 Å². The second kappa shape index (κ2) is 14.3. The molecule has 3 heterocycles. The summed E-state index contributed by atoms with van der Waals surface area (Å²) in [5, 5.41) is 23.0. The summed E-state index contributed by atoms with van der Waals surface area (Å²) in [5.41, 5.74) is 5.58. The zero-order valence-corrected chi connectivity index (χ0v) is 24.6. The first-order chi connectivity index (χ1) is 19.0. The molecular weight excluding hydrogens is 565 g/mol. The lowest BCUT2D eigenvalue weighted by Gasteiger charge is -2.36. The molecule has 41 heavy (non-hydrogen) atoms. The molecule has 0 radical (unpaired) electrons. The molecule has 1 atom stereocenters. The SMILES string of the molecule is COCCN1CCN(c2cc(C)c3nc(-c4c(NC[C@@H](O)c5cccc(C#N)c5)cc[nH]c4=O)[nH]c3c2)CC1.Cl.Cl. The minimum Gasteiger partial charge on any atom is -0.387 e. The van der Waals surface area contributed by atoms with E-state index < -0.39 is 6.10 Å². The molecule has 0 bridgehead atoms. The Balaban J connectivity index is 0.00000231. The van der Waals surface area contributed by atoms with Crippen LogP contribution in [0.4, 0.5) is 11.4 Å². The fourth-order valence-corrected chi connectivity index (χ4v) is 5.02. The molecule has 12 heteroatoms. The number of aliphatic hydroxyl groups excluding tert-OH is 1. The molecule has 1 aliphatic rings. The largest absolute Gasteiger partial charge is 0.387 e. The van der Waals surface area contributed by atoms with Crippen LogP contribution in [0.3, 0.4) is 0 Å². The highest BCUT2D eigenvalue weighted by molar-refractivity contribution is 5.87. The van der Waals surface area contributed by atoms with E-state index in [9.17, 15) is 9.90 Å². The number of nitrogens with one attached hydrogen (secondary N) is 3. The number of ether oxygens (including phenoxy) is 1. The number of benzene rings is 2. The predicted octanol–water partition coefficient (Wildman–Crippen LogP) is 3.86. The first kappa shape index (κ1) is 31.9. The number of halogens is 2. The Hall–Kier alpha value is -3.59. The lowest BCUT2D eigenvalue weighted by Crippen LogP contribution is -2.47. The highest BCUT2D eigenvalue weighted by atomic mass is 35.5. The Morgan fingerprint density at radius 1 is 1.17 bits per heavy atom. The van der Waals surface area contributed by atoms with Crippen molar-refractivity contribution in [2.75, 3.05) is 63.2 Å². The van der Waals surface area contributed by atoms with Gasteiger partial charge < -0.3 is 30.0 Å². The van der Waals surface area contributed by atoms with Gasteiger partial charge in [-0.25, -0.2) is 4.98 Å². The van der Waals surface area contributed by atoms with Crippen molar-refractivity contribution in [3.05, 3.63) is 75.7 Å². The van der Waals surface area contributed by atoms with Crippen molar-refractivity contribution in [2.24, 2.45) is 0 Å². The molecule has 0 unspecified atom stereocenters. The summed E-state index contributed by atoms with van der Waals surface area (Å²) in [6.07, 6.45) is 0.704.